The predicted octanol–water partition coefficient (Wildman–Crippen LogP) is 3.63. The summed E-state index contributed by atoms with van der Waals surface area (Å²) in [5.74, 6) is 1.87. The molecule has 1 atom stereocenters. The summed E-state index contributed by atoms with van der Waals surface area (Å²) in [6, 6.07) is 0.372. The molecule has 0 saturated heterocycles. The molecule has 1 saturated carbocycles. The third-order valence-corrected chi connectivity index (χ3v) is 5.38. The van der Waals surface area contributed by atoms with E-state index >= 15 is 0 Å². The van der Waals surface area contributed by atoms with Crippen molar-refractivity contribution in [3.8, 4) is 0 Å². The Morgan fingerprint density at radius 3 is 2.37 bits per heavy atom. The van der Waals surface area contributed by atoms with E-state index in [1.165, 1.54) is 5.82 Å². The number of nitrogens with one attached hydrogen (secondary N) is 1. The molecule has 0 aromatic carbocycles. The lowest BCUT2D eigenvalue weighted by molar-refractivity contribution is 0.386. The topological polar surface area (TPSA) is 29.9 Å². The predicted molar refractivity (Wildman–Crippen MR) is 80.0 cm³/mol. The van der Waals surface area contributed by atoms with Crippen LogP contribution in [0.1, 0.15) is 59.8 Å². The Labute approximate surface area is 117 Å². The van der Waals surface area contributed by atoms with Gasteiger partial charge in [0.15, 0.2) is 0 Å². The fourth-order valence-electron chi connectivity index (χ4n) is 3.69. The van der Waals surface area contributed by atoms with Crippen LogP contribution in [0.4, 0.5) is 0 Å². The molecule has 1 aromatic rings. The standard InChI is InChI=1S/C16H29N3/c1-7-10-19-11-9-18-14(19)12(17-8-2)13-15(3,4)16(13,5)6/h9,11-13,17H,7-8,10H2,1-6H3. The minimum atomic E-state index is 0.372. The summed E-state index contributed by atoms with van der Waals surface area (Å²) in [7, 11) is 0. The highest BCUT2D eigenvalue weighted by atomic mass is 15.1. The van der Waals surface area contributed by atoms with Crippen molar-refractivity contribution in [3.63, 3.8) is 0 Å². The fourth-order valence-corrected chi connectivity index (χ4v) is 3.69. The first-order chi connectivity index (χ1) is 8.87. The molecule has 0 aliphatic heterocycles. The first-order valence-electron chi connectivity index (χ1n) is 7.62. The lowest BCUT2D eigenvalue weighted by Crippen LogP contribution is -2.28. The van der Waals surface area contributed by atoms with Crippen LogP contribution in [-0.2, 0) is 6.54 Å². The number of rotatable bonds is 6. The SMILES string of the molecule is CCCn1ccnc1C(NCC)C1C(C)(C)C1(C)C. The highest BCUT2D eigenvalue weighted by Crippen LogP contribution is 2.72. The highest BCUT2D eigenvalue weighted by Gasteiger charge is 2.67. The average Bonchev–Trinajstić information content (AvgIpc) is 2.69. The molecule has 1 aliphatic rings. The molecule has 19 heavy (non-hydrogen) atoms. The van der Waals surface area contributed by atoms with Gasteiger partial charge in [-0.2, -0.15) is 0 Å². The van der Waals surface area contributed by atoms with Gasteiger partial charge in [0.1, 0.15) is 5.82 Å². The molecule has 0 spiro atoms. The number of hydrogen-bond donors (Lipinski definition) is 1. The van der Waals surface area contributed by atoms with E-state index in [9.17, 15) is 0 Å². The summed E-state index contributed by atoms with van der Waals surface area (Å²) in [4.78, 5) is 4.65. The second-order valence-electron chi connectivity index (χ2n) is 6.94. The lowest BCUT2D eigenvalue weighted by Gasteiger charge is -2.21. The van der Waals surface area contributed by atoms with Gasteiger partial charge in [-0.3, -0.25) is 0 Å². The van der Waals surface area contributed by atoms with Gasteiger partial charge in [0.25, 0.3) is 0 Å². The molecule has 108 valence electrons. The van der Waals surface area contributed by atoms with Crippen LogP contribution < -0.4 is 5.32 Å². The van der Waals surface area contributed by atoms with Crippen LogP contribution in [0.3, 0.4) is 0 Å². The Hall–Kier alpha value is -0.830. The molecule has 1 aliphatic carbocycles. The van der Waals surface area contributed by atoms with Crippen LogP contribution in [-0.4, -0.2) is 16.1 Å². The molecule has 1 aromatic heterocycles. The highest BCUT2D eigenvalue weighted by molar-refractivity contribution is 5.20. The van der Waals surface area contributed by atoms with E-state index in [0.717, 1.165) is 19.5 Å². The van der Waals surface area contributed by atoms with Gasteiger partial charge in [-0.15, -0.1) is 0 Å². The summed E-state index contributed by atoms with van der Waals surface area (Å²) >= 11 is 0. The Morgan fingerprint density at radius 1 is 1.26 bits per heavy atom. The number of hydrogen-bond acceptors (Lipinski definition) is 2. The fraction of sp³-hybridized carbons (Fsp3) is 0.812. The molecule has 1 heterocycles. The molecule has 3 nitrogen and oxygen atoms in total. The zero-order valence-electron chi connectivity index (χ0n) is 13.3. The van der Waals surface area contributed by atoms with Gasteiger partial charge >= 0.3 is 0 Å². The van der Waals surface area contributed by atoms with E-state index in [1.807, 2.05) is 6.20 Å². The van der Waals surface area contributed by atoms with Crippen molar-refractivity contribution in [3.05, 3.63) is 18.2 Å². The van der Waals surface area contributed by atoms with Crippen LogP contribution in [0.5, 0.6) is 0 Å². The molecule has 1 N–H and O–H groups in total. The van der Waals surface area contributed by atoms with Crippen LogP contribution in [0.25, 0.3) is 0 Å². The van der Waals surface area contributed by atoms with E-state index in [-0.39, 0.29) is 0 Å². The minimum Gasteiger partial charge on any atom is -0.334 e. The Kier molecular flexibility index (Phi) is 3.78. The Morgan fingerprint density at radius 2 is 1.89 bits per heavy atom. The number of aromatic nitrogens is 2. The van der Waals surface area contributed by atoms with E-state index in [1.54, 1.807) is 0 Å². The average molecular weight is 263 g/mol. The summed E-state index contributed by atoms with van der Waals surface area (Å²) in [5, 5.41) is 3.67. The molecule has 1 fully saturated rings. The Bertz CT molecular complexity index is 417. The van der Waals surface area contributed by atoms with Crippen molar-refractivity contribution in [1.82, 2.24) is 14.9 Å². The molecule has 0 amide bonds. The van der Waals surface area contributed by atoms with Crippen molar-refractivity contribution in [2.45, 2.75) is 60.5 Å². The Balaban J connectivity index is 2.29. The van der Waals surface area contributed by atoms with Gasteiger partial charge in [-0.25, -0.2) is 4.98 Å². The maximum atomic E-state index is 4.65. The quantitative estimate of drug-likeness (QED) is 0.849. The minimum absolute atomic E-state index is 0.372. The zero-order chi connectivity index (χ0) is 14.3. The van der Waals surface area contributed by atoms with Crippen LogP contribution in [0.2, 0.25) is 0 Å². The third-order valence-electron chi connectivity index (χ3n) is 5.38. The van der Waals surface area contributed by atoms with Crippen LogP contribution in [0.15, 0.2) is 12.4 Å². The van der Waals surface area contributed by atoms with E-state index in [4.69, 9.17) is 0 Å². The van der Waals surface area contributed by atoms with Crippen molar-refractivity contribution >= 4 is 0 Å². The van der Waals surface area contributed by atoms with Gasteiger partial charge in [0, 0.05) is 18.9 Å². The molecule has 0 radical (unpaired) electrons. The second kappa shape index (κ2) is 4.93. The normalized spacial score (nSPS) is 22.4. The van der Waals surface area contributed by atoms with Gasteiger partial charge in [-0.05, 0) is 29.7 Å². The van der Waals surface area contributed by atoms with E-state index in [0.29, 0.717) is 22.8 Å². The molecular weight excluding hydrogens is 234 g/mol. The van der Waals surface area contributed by atoms with Crippen LogP contribution >= 0.6 is 0 Å². The summed E-state index contributed by atoms with van der Waals surface area (Å²) in [6.45, 7) is 16.0. The summed E-state index contributed by atoms with van der Waals surface area (Å²) in [6.07, 6.45) is 5.21. The smallest absolute Gasteiger partial charge is 0.126 e. The van der Waals surface area contributed by atoms with Gasteiger partial charge < -0.3 is 9.88 Å². The third kappa shape index (κ3) is 2.22. The van der Waals surface area contributed by atoms with Crippen molar-refractivity contribution in [1.29, 1.82) is 0 Å². The number of nitrogens with zero attached hydrogens (tertiary/aromatic N) is 2. The molecule has 2 rings (SSSR count). The van der Waals surface area contributed by atoms with Crippen molar-refractivity contribution in [2.24, 2.45) is 16.7 Å². The maximum absolute atomic E-state index is 4.65. The van der Waals surface area contributed by atoms with Gasteiger partial charge in [0.2, 0.25) is 0 Å². The number of aryl methyl sites for hydroxylation is 1. The first kappa shape index (κ1) is 14.6. The van der Waals surface area contributed by atoms with Crippen LogP contribution in [0, 0.1) is 16.7 Å². The van der Waals surface area contributed by atoms with Crippen molar-refractivity contribution in [2.75, 3.05) is 6.54 Å². The van der Waals surface area contributed by atoms with Gasteiger partial charge in [0.05, 0.1) is 6.04 Å². The monoisotopic (exact) mass is 263 g/mol. The van der Waals surface area contributed by atoms with Crippen molar-refractivity contribution < 1.29 is 0 Å². The molecule has 1 unspecified atom stereocenters. The first-order valence-corrected chi connectivity index (χ1v) is 7.62. The maximum Gasteiger partial charge on any atom is 0.126 e. The zero-order valence-corrected chi connectivity index (χ0v) is 13.3. The van der Waals surface area contributed by atoms with E-state index in [2.05, 4.69) is 62.6 Å². The summed E-state index contributed by atoms with van der Waals surface area (Å²) in [5.41, 5.74) is 0.756. The molecule has 3 heteroatoms. The van der Waals surface area contributed by atoms with E-state index < -0.39 is 0 Å². The largest absolute Gasteiger partial charge is 0.334 e. The lowest BCUT2D eigenvalue weighted by atomic mass is 10.0. The summed E-state index contributed by atoms with van der Waals surface area (Å²) < 4.78 is 2.32. The molecule has 0 bridgehead atoms. The second-order valence-corrected chi connectivity index (χ2v) is 6.94. The number of imidazole rings is 1. The molecular formula is C16H29N3. The van der Waals surface area contributed by atoms with Gasteiger partial charge in [-0.1, -0.05) is 41.5 Å².